The van der Waals surface area contributed by atoms with Crippen LogP contribution in [0.25, 0.3) is 6.08 Å². The first-order valence-electron chi connectivity index (χ1n) is 12.6. The second kappa shape index (κ2) is 13.5. The van der Waals surface area contributed by atoms with Crippen molar-refractivity contribution in [3.8, 4) is 11.5 Å². The van der Waals surface area contributed by atoms with Gasteiger partial charge >= 0.3 is 0 Å². The number of benzene rings is 3. The highest BCUT2D eigenvalue weighted by Crippen LogP contribution is 2.40. The first-order chi connectivity index (χ1) is 20.0. The smallest absolute Gasteiger partial charge is 0.293 e. The number of carbonyl (C=O) groups is 3. The predicted octanol–water partition coefficient (Wildman–Crippen LogP) is 7.39. The molecule has 0 bridgehead atoms. The summed E-state index contributed by atoms with van der Waals surface area (Å²) in [5.41, 5.74) is 3.84. The van der Waals surface area contributed by atoms with Gasteiger partial charge in [-0.2, -0.15) is 0 Å². The lowest BCUT2D eigenvalue weighted by Crippen LogP contribution is -2.27. The summed E-state index contributed by atoms with van der Waals surface area (Å²) in [6, 6.07) is 12.8. The number of rotatable bonds is 10. The highest BCUT2D eigenvalue weighted by Gasteiger charge is 2.35. The van der Waals surface area contributed by atoms with Crippen LogP contribution in [0.15, 0.2) is 62.4 Å². The van der Waals surface area contributed by atoms with Gasteiger partial charge in [0.1, 0.15) is 0 Å². The standard InChI is InChI=1S/C29H25Br2N3O7S/c1-4-40-24-12-19(11-22(31)27(24)41-15-26(35)32-23-10-17(3)16(2)9-21(23)30)13-25-28(36)33(29(37)42-25)14-18-5-7-20(8-6-18)34(38)39/h5-13H,4,14-15H2,1-3H3,(H,32,35)/b25-13+. The third-order valence-electron chi connectivity index (χ3n) is 6.20. The molecule has 3 aromatic rings. The number of anilines is 1. The molecule has 0 saturated carbocycles. The van der Waals surface area contributed by atoms with Crippen LogP contribution in [0.4, 0.5) is 16.2 Å². The molecule has 0 spiro atoms. The molecule has 1 saturated heterocycles. The van der Waals surface area contributed by atoms with E-state index in [1.165, 1.54) is 24.3 Å². The Hall–Kier alpha value is -3.68. The third-order valence-corrected chi connectivity index (χ3v) is 8.35. The molecule has 13 heteroatoms. The Morgan fingerprint density at radius 3 is 2.40 bits per heavy atom. The molecule has 218 valence electrons. The van der Waals surface area contributed by atoms with Gasteiger partial charge in [0, 0.05) is 16.6 Å². The number of halogens is 2. The summed E-state index contributed by atoms with van der Waals surface area (Å²) in [4.78, 5) is 50.0. The molecule has 4 rings (SSSR count). The number of aryl methyl sites for hydroxylation is 2. The molecule has 0 radical (unpaired) electrons. The number of nitrogens with one attached hydrogen (secondary N) is 1. The Bertz CT molecular complexity index is 1610. The fraction of sp³-hybridized carbons (Fsp3) is 0.207. The quantitative estimate of drug-likeness (QED) is 0.131. The zero-order valence-corrected chi connectivity index (χ0v) is 26.7. The molecule has 0 atom stereocenters. The van der Waals surface area contributed by atoms with Crippen molar-refractivity contribution >= 4 is 78.1 Å². The lowest BCUT2D eigenvalue weighted by atomic mass is 10.1. The van der Waals surface area contributed by atoms with Crippen molar-refractivity contribution in [2.45, 2.75) is 27.3 Å². The van der Waals surface area contributed by atoms with Crippen LogP contribution in [0, 0.1) is 24.0 Å². The van der Waals surface area contributed by atoms with E-state index in [1.807, 2.05) is 26.0 Å². The van der Waals surface area contributed by atoms with Gasteiger partial charge in [-0.1, -0.05) is 12.1 Å². The summed E-state index contributed by atoms with van der Waals surface area (Å²) in [6.07, 6.45) is 1.57. The van der Waals surface area contributed by atoms with Crippen LogP contribution in [0.2, 0.25) is 0 Å². The number of amides is 3. The lowest BCUT2D eigenvalue weighted by molar-refractivity contribution is -0.384. The SMILES string of the molecule is CCOc1cc(/C=C2/SC(=O)N(Cc3ccc([N+](=O)[O-])cc3)C2=O)cc(Br)c1OCC(=O)Nc1cc(C)c(C)cc1Br. The van der Waals surface area contributed by atoms with Gasteiger partial charge in [0.05, 0.1) is 33.1 Å². The monoisotopic (exact) mass is 717 g/mol. The van der Waals surface area contributed by atoms with Gasteiger partial charge in [-0.25, -0.2) is 0 Å². The van der Waals surface area contributed by atoms with Gasteiger partial charge < -0.3 is 14.8 Å². The number of non-ortho nitro benzene ring substituents is 1. The highest BCUT2D eigenvalue weighted by molar-refractivity contribution is 9.11. The van der Waals surface area contributed by atoms with Crippen molar-refractivity contribution in [3.05, 3.63) is 94.7 Å². The predicted molar refractivity (Wildman–Crippen MR) is 168 cm³/mol. The van der Waals surface area contributed by atoms with Crippen LogP contribution < -0.4 is 14.8 Å². The Kier molecular flexibility index (Phi) is 10.1. The summed E-state index contributed by atoms with van der Waals surface area (Å²) >= 11 is 7.74. The normalized spacial score (nSPS) is 13.9. The Labute approximate surface area is 262 Å². The average molecular weight is 719 g/mol. The summed E-state index contributed by atoms with van der Waals surface area (Å²) < 4.78 is 12.8. The van der Waals surface area contributed by atoms with Gasteiger partial charge in [0.2, 0.25) is 0 Å². The second-order valence-corrected chi connectivity index (χ2v) is 11.9. The van der Waals surface area contributed by atoms with E-state index in [4.69, 9.17) is 9.47 Å². The number of imide groups is 1. The van der Waals surface area contributed by atoms with Crippen molar-refractivity contribution in [2.75, 3.05) is 18.5 Å². The Morgan fingerprint density at radius 1 is 1.05 bits per heavy atom. The minimum absolute atomic E-state index is 0.0124. The highest BCUT2D eigenvalue weighted by atomic mass is 79.9. The van der Waals surface area contributed by atoms with Crippen molar-refractivity contribution in [1.82, 2.24) is 4.90 Å². The topological polar surface area (TPSA) is 128 Å². The molecular formula is C29H25Br2N3O7S. The van der Waals surface area contributed by atoms with Gasteiger partial charge in [0.15, 0.2) is 18.1 Å². The second-order valence-electron chi connectivity index (χ2n) is 9.21. The summed E-state index contributed by atoms with van der Waals surface area (Å²) in [6.45, 7) is 5.77. The zero-order valence-electron chi connectivity index (χ0n) is 22.7. The maximum atomic E-state index is 13.0. The van der Waals surface area contributed by atoms with E-state index in [-0.39, 0.29) is 29.7 Å². The van der Waals surface area contributed by atoms with Crippen molar-refractivity contribution in [3.63, 3.8) is 0 Å². The molecule has 0 unspecified atom stereocenters. The van der Waals surface area contributed by atoms with E-state index in [0.29, 0.717) is 39.4 Å². The van der Waals surface area contributed by atoms with Gasteiger partial charge in [-0.15, -0.1) is 0 Å². The number of nitrogens with zero attached hydrogens (tertiary/aromatic N) is 2. The maximum absolute atomic E-state index is 13.0. The van der Waals surface area contributed by atoms with Crippen molar-refractivity contribution in [2.24, 2.45) is 0 Å². The molecule has 42 heavy (non-hydrogen) atoms. The Balaban J connectivity index is 1.48. The summed E-state index contributed by atoms with van der Waals surface area (Å²) in [5, 5.41) is 13.3. The zero-order chi connectivity index (χ0) is 30.6. The van der Waals surface area contributed by atoms with Crippen molar-refractivity contribution in [1.29, 1.82) is 0 Å². The fourth-order valence-electron chi connectivity index (χ4n) is 3.97. The number of ether oxygens (including phenoxy) is 2. The molecule has 1 aliphatic rings. The van der Waals surface area contributed by atoms with E-state index in [0.717, 1.165) is 32.3 Å². The van der Waals surface area contributed by atoms with E-state index < -0.39 is 16.1 Å². The van der Waals surface area contributed by atoms with Crippen LogP contribution >= 0.6 is 43.6 Å². The third kappa shape index (κ3) is 7.39. The minimum atomic E-state index is -0.516. The van der Waals surface area contributed by atoms with Crippen LogP contribution in [0.5, 0.6) is 11.5 Å². The molecule has 1 N–H and O–H groups in total. The summed E-state index contributed by atoms with van der Waals surface area (Å²) in [5.74, 6) is -0.177. The number of hydrogen-bond acceptors (Lipinski definition) is 8. The number of carbonyl (C=O) groups excluding carboxylic acids is 3. The molecule has 3 aromatic carbocycles. The lowest BCUT2D eigenvalue weighted by Gasteiger charge is -2.15. The van der Waals surface area contributed by atoms with Gasteiger partial charge in [-0.3, -0.25) is 29.4 Å². The van der Waals surface area contributed by atoms with Gasteiger partial charge in [0.25, 0.3) is 22.7 Å². The van der Waals surface area contributed by atoms with E-state index in [1.54, 1.807) is 25.1 Å². The summed E-state index contributed by atoms with van der Waals surface area (Å²) in [7, 11) is 0. The Morgan fingerprint density at radius 2 is 1.74 bits per heavy atom. The van der Waals surface area contributed by atoms with E-state index in [9.17, 15) is 24.5 Å². The average Bonchev–Trinajstić information content (AvgIpc) is 3.19. The fourth-order valence-corrected chi connectivity index (χ4v) is 5.94. The van der Waals surface area contributed by atoms with E-state index in [2.05, 4.69) is 37.2 Å². The van der Waals surface area contributed by atoms with Crippen LogP contribution in [-0.4, -0.2) is 40.1 Å². The molecule has 0 aromatic heterocycles. The largest absolute Gasteiger partial charge is 0.490 e. The molecule has 1 aliphatic heterocycles. The first kappa shape index (κ1) is 31.3. The van der Waals surface area contributed by atoms with Gasteiger partial charge in [-0.05, 0) is 117 Å². The van der Waals surface area contributed by atoms with Crippen molar-refractivity contribution < 1.29 is 28.8 Å². The first-order valence-corrected chi connectivity index (χ1v) is 15.0. The number of nitro benzene ring substituents is 1. The number of hydrogen-bond donors (Lipinski definition) is 1. The van der Waals surface area contributed by atoms with E-state index >= 15 is 0 Å². The number of nitro groups is 1. The molecule has 1 heterocycles. The molecular weight excluding hydrogens is 694 g/mol. The minimum Gasteiger partial charge on any atom is -0.490 e. The molecule has 0 aliphatic carbocycles. The molecule has 3 amide bonds. The van der Waals surface area contributed by atoms with Crippen LogP contribution in [0.3, 0.4) is 0 Å². The van der Waals surface area contributed by atoms with Crippen LogP contribution in [-0.2, 0) is 16.1 Å². The molecule has 1 fully saturated rings. The number of thioether (sulfide) groups is 1. The maximum Gasteiger partial charge on any atom is 0.293 e. The van der Waals surface area contributed by atoms with Crippen LogP contribution in [0.1, 0.15) is 29.2 Å². The molecule has 10 nitrogen and oxygen atoms in total.